The summed E-state index contributed by atoms with van der Waals surface area (Å²) in [5, 5.41) is 13.9. The van der Waals surface area contributed by atoms with Gasteiger partial charge in [0.2, 0.25) is 11.8 Å². The number of aliphatic imine (C=N–C) groups is 1. The first kappa shape index (κ1) is 30.9. The topological polar surface area (TPSA) is 171 Å². The van der Waals surface area contributed by atoms with E-state index in [1.165, 1.54) is 35.0 Å². The highest BCUT2D eigenvalue weighted by molar-refractivity contribution is 8.14. The lowest BCUT2D eigenvalue weighted by Crippen LogP contribution is -2.45. The molecule has 4 N–H and O–H groups in total. The van der Waals surface area contributed by atoms with E-state index >= 15 is 0 Å². The van der Waals surface area contributed by atoms with Crippen LogP contribution in [0.4, 0.5) is 4.79 Å². The van der Waals surface area contributed by atoms with Crippen molar-refractivity contribution in [2.75, 3.05) is 19.4 Å². The van der Waals surface area contributed by atoms with Gasteiger partial charge in [-0.15, -0.1) is 23.1 Å². The molecule has 1 fully saturated rings. The third kappa shape index (κ3) is 7.43. The minimum atomic E-state index is -0.819. The number of rotatable bonds is 4. The molecule has 0 radical (unpaired) electrons. The fourth-order valence-electron chi connectivity index (χ4n) is 4.71. The first-order valence-corrected chi connectivity index (χ1v) is 15.6. The van der Waals surface area contributed by atoms with Gasteiger partial charge in [0.15, 0.2) is 0 Å². The van der Waals surface area contributed by atoms with Crippen LogP contribution in [0.5, 0.6) is 0 Å². The summed E-state index contributed by atoms with van der Waals surface area (Å²) in [5.74, 6) is -1.01. The molecule has 1 aromatic rings. The van der Waals surface area contributed by atoms with Crippen molar-refractivity contribution in [2.45, 2.75) is 83.3 Å². The van der Waals surface area contributed by atoms with E-state index in [4.69, 9.17) is 4.74 Å². The quantitative estimate of drug-likeness (QED) is 0.370. The molecule has 4 rings (SSSR count). The molecule has 1 aromatic heterocycles. The lowest BCUT2D eigenvalue weighted by Gasteiger charge is -2.24. The molecule has 4 unspecified atom stereocenters. The molecule has 0 saturated carbocycles. The van der Waals surface area contributed by atoms with E-state index in [0.717, 1.165) is 6.42 Å². The van der Waals surface area contributed by atoms with Gasteiger partial charge in [-0.05, 0) is 19.8 Å². The molecular formula is C26H37N7O6S2. The maximum Gasteiger partial charge on any atom is 0.324 e. The summed E-state index contributed by atoms with van der Waals surface area (Å²) < 4.78 is 5.85. The van der Waals surface area contributed by atoms with Crippen molar-refractivity contribution >= 4 is 57.8 Å². The third-order valence-corrected chi connectivity index (χ3v) is 9.50. The molecule has 15 heteroatoms. The lowest BCUT2D eigenvalue weighted by atomic mass is 9.99. The largest absolute Gasteiger partial charge is 0.376 e. The number of likely N-dealkylation sites (N-methyl/N-ethyl adjacent to an activating group) is 1. The molecule has 41 heavy (non-hydrogen) atoms. The molecule has 4 bridgehead atoms. The van der Waals surface area contributed by atoms with Crippen molar-refractivity contribution in [2.24, 2.45) is 10.9 Å². The number of carbonyl (C=O) groups excluding carboxylic acids is 5. The van der Waals surface area contributed by atoms with Crippen molar-refractivity contribution in [1.29, 1.82) is 0 Å². The van der Waals surface area contributed by atoms with E-state index in [1.54, 1.807) is 12.3 Å². The fraction of sp³-hybridized carbons (Fsp3) is 0.654. The SMILES string of the molecule is CC[C@H](C)[C@@H]1NC(=O)CC(C)OC[C@H](C)NC(=O)C2CSC(=N2)C(CC2C(=O)NC(=O)N2C)NC(=O)c2csc1n2. The zero-order valence-electron chi connectivity index (χ0n) is 23.8. The van der Waals surface area contributed by atoms with Crippen LogP contribution >= 0.6 is 23.1 Å². The van der Waals surface area contributed by atoms with Crippen LogP contribution in [0.2, 0.25) is 0 Å². The lowest BCUT2D eigenvalue weighted by molar-refractivity contribution is -0.126. The Hall–Kier alpha value is -3.04. The van der Waals surface area contributed by atoms with Crippen LogP contribution in [0.3, 0.4) is 0 Å². The second-order valence-electron chi connectivity index (χ2n) is 10.7. The summed E-state index contributed by atoms with van der Waals surface area (Å²) in [4.78, 5) is 74.3. The normalized spacial score (nSPS) is 30.8. The second kappa shape index (κ2) is 13.3. The third-order valence-electron chi connectivity index (χ3n) is 7.40. The standard InChI is InChI=1S/C26H37N7O6S2/c1-6-12(2)20-25-30-17(11-41-25)22(36)28-15(8-18-23(37)32-26(38)33(18)5)24-29-16(10-40-24)21(35)27-13(3)9-39-14(4)7-19(34)31-20/h11-16,18,20H,6-10H2,1-5H3,(H,27,35)(H,28,36)(H,31,34)(H,32,37,38)/t12-,13-,14?,15?,16?,18?,20-/m0/s1. The highest BCUT2D eigenvalue weighted by Crippen LogP contribution is 2.29. The molecule has 224 valence electrons. The number of hydrogen-bond donors (Lipinski definition) is 4. The van der Waals surface area contributed by atoms with Crippen LogP contribution in [0.25, 0.3) is 0 Å². The summed E-state index contributed by atoms with van der Waals surface area (Å²) in [6.07, 6.45) is 0.611. The Labute approximate surface area is 247 Å². The van der Waals surface area contributed by atoms with Gasteiger partial charge >= 0.3 is 6.03 Å². The maximum atomic E-state index is 13.4. The Kier molecular flexibility index (Phi) is 10.0. The van der Waals surface area contributed by atoms with E-state index in [9.17, 15) is 24.0 Å². The highest BCUT2D eigenvalue weighted by atomic mass is 32.2. The van der Waals surface area contributed by atoms with E-state index in [0.29, 0.717) is 15.8 Å². The van der Waals surface area contributed by atoms with Gasteiger partial charge in [-0.25, -0.2) is 9.78 Å². The number of imide groups is 1. The summed E-state index contributed by atoms with van der Waals surface area (Å²) in [6, 6.07) is -3.48. The van der Waals surface area contributed by atoms with Crippen LogP contribution in [0, 0.1) is 5.92 Å². The number of nitrogens with one attached hydrogen (secondary N) is 4. The highest BCUT2D eigenvalue weighted by Gasteiger charge is 2.40. The molecule has 3 aliphatic heterocycles. The van der Waals surface area contributed by atoms with Crippen molar-refractivity contribution in [3.63, 3.8) is 0 Å². The molecule has 13 nitrogen and oxygen atoms in total. The Morgan fingerprint density at radius 3 is 2.56 bits per heavy atom. The average Bonchev–Trinajstić information content (AvgIpc) is 3.66. The van der Waals surface area contributed by atoms with E-state index in [1.807, 2.05) is 20.8 Å². The molecule has 6 amide bonds. The minimum Gasteiger partial charge on any atom is -0.376 e. The number of fused-ring (bicyclic) bond motifs is 3. The summed E-state index contributed by atoms with van der Waals surface area (Å²) >= 11 is 2.61. The molecule has 7 atom stereocenters. The first-order valence-electron chi connectivity index (χ1n) is 13.7. The number of thiazole rings is 1. The monoisotopic (exact) mass is 607 g/mol. The first-order chi connectivity index (χ1) is 19.5. The van der Waals surface area contributed by atoms with Crippen molar-refractivity contribution in [3.8, 4) is 0 Å². The van der Waals surface area contributed by atoms with Crippen LogP contribution in [0.15, 0.2) is 10.4 Å². The van der Waals surface area contributed by atoms with Crippen molar-refractivity contribution in [1.82, 2.24) is 31.2 Å². The second-order valence-corrected chi connectivity index (χ2v) is 12.7. The molecule has 0 aliphatic carbocycles. The number of ether oxygens (including phenoxy) is 1. The smallest absolute Gasteiger partial charge is 0.324 e. The van der Waals surface area contributed by atoms with Gasteiger partial charge in [0.25, 0.3) is 11.8 Å². The Balaban J connectivity index is 1.65. The number of nitrogens with zero attached hydrogens (tertiary/aromatic N) is 3. The predicted octanol–water partition coefficient (Wildman–Crippen LogP) is 1.21. The molecule has 4 heterocycles. The number of hydrogen-bond acceptors (Lipinski definition) is 10. The number of carbonyl (C=O) groups is 5. The molecule has 0 aromatic carbocycles. The Morgan fingerprint density at radius 1 is 1.12 bits per heavy atom. The molecule has 1 saturated heterocycles. The fourth-order valence-corrected chi connectivity index (χ4v) is 6.81. The van der Waals surface area contributed by atoms with Gasteiger partial charge < -0.3 is 25.6 Å². The molecule has 0 spiro atoms. The summed E-state index contributed by atoms with van der Waals surface area (Å²) in [5.41, 5.74) is 0.166. The molecular weight excluding hydrogens is 570 g/mol. The van der Waals surface area contributed by atoms with Crippen LogP contribution in [-0.4, -0.2) is 94.3 Å². The number of amides is 6. The Morgan fingerprint density at radius 2 is 1.88 bits per heavy atom. The zero-order valence-corrected chi connectivity index (χ0v) is 25.4. The predicted molar refractivity (Wildman–Crippen MR) is 155 cm³/mol. The number of urea groups is 1. The minimum absolute atomic E-state index is 0.0597. The van der Waals surface area contributed by atoms with Crippen LogP contribution in [-0.2, 0) is 19.1 Å². The van der Waals surface area contributed by atoms with Gasteiger partial charge in [0.05, 0.1) is 36.3 Å². The van der Waals surface area contributed by atoms with Crippen LogP contribution in [0.1, 0.15) is 68.5 Å². The number of aromatic nitrogens is 1. The van der Waals surface area contributed by atoms with E-state index in [2.05, 4.69) is 31.2 Å². The van der Waals surface area contributed by atoms with Gasteiger partial charge in [0.1, 0.15) is 22.8 Å². The van der Waals surface area contributed by atoms with E-state index in [-0.39, 0.29) is 61.1 Å². The van der Waals surface area contributed by atoms with Gasteiger partial charge in [-0.3, -0.25) is 29.5 Å². The number of thioether (sulfide) groups is 1. The van der Waals surface area contributed by atoms with Crippen LogP contribution < -0.4 is 21.3 Å². The molecule has 3 aliphatic rings. The van der Waals surface area contributed by atoms with Crippen molar-refractivity contribution < 1.29 is 28.7 Å². The van der Waals surface area contributed by atoms with Crippen molar-refractivity contribution in [3.05, 3.63) is 16.1 Å². The summed E-state index contributed by atoms with van der Waals surface area (Å²) in [6.45, 7) is 7.87. The average molecular weight is 608 g/mol. The van der Waals surface area contributed by atoms with E-state index < -0.39 is 36.0 Å². The summed E-state index contributed by atoms with van der Waals surface area (Å²) in [7, 11) is 1.51. The van der Waals surface area contributed by atoms with Gasteiger partial charge in [0, 0.05) is 30.6 Å². The van der Waals surface area contributed by atoms with Gasteiger partial charge in [-0.2, -0.15) is 0 Å². The zero-order chi connectivity index (χ0) is 29.8. The Bertz CT molecular complexity index is 1220. The maximum absolute atomic E-state index is 13.4. The van der Waals surface area contributed by atoms with Gasteiger partial charge in [-0.1, -0.05) is 20.3 Å².